The van der Waals surface area contributed by atoms with Gasteiger partial charge in [-0.15, -0.1) is 0 Å². The smallest absolute Gasteiger partial charge is 0.255 e. The van der Waals surface area contributed by atoms with Crippen LogP contribution in [0.2, 0.25) is 5.02 Å². The number of nitrogens with one attached hydrogen (secondary N) is 1. The summed E-state index contributed by atoms with van der Waals surface area (Å²) in [5.41, 5.74) is 1.92. The Morgan fingerprint density at radius 2 is 1.81 bits per heavy atom. The second kappa shape index (κ2) is 7.65. The summed E-state index contributed by atoms with van der Waals surface area (Å²) in [5.74, 6) is 0.0825. The van der Waals surface area contributed by atoms with Crippen LogP contribution in [0.5, 0.6) is 5.75 Å². The number of anilines is 1. The van der Waals surface area contributed by atoms with Crippen LogP contribution in [0.15, 0.2) is 35.2 Å². The first-order valence-corrected chi connectivity index (χ1v) is 9.58. The first-order valence-electron chi connectivity index (χ1n) is 7.76. The third-order valence-electron chi connectivity index (χ3n) is 4.06. The van der Waals surface area contributed by atoms with Gasteiger partial charge in [0.2, 0.25) is 10.0 Å². The molecule has 6 nitrogen and oxygen atoms in total. The van der Waals surface area contributed by atoms with Crippen molar-refractivity contribution in [3.8, 4) is 5.75 Å². The summed E-state index contributed by atoms with van der Waals surface area (Å²) in [6.45, 7) is 3.48. The second-order valence-corrected chi connectivity index (χ2v) is 8.53. The van der Waals surface area contributed by atoms with E-state index in [1.165, 1.54) is 27.3 Å². The minimum Gasteiger partial charge on any atom is -0.497 e. The zero-order valence-electron chi connectivity index (χ0n) is 15.3. The Hall–Kier alpha value is -2.09. The molecular weight excluding hydrogens is 376 g/mol. The molecule has 140 valence electrons. The van der Waals surface area contributed by atoms with E-state index in [1.807, 2.05) is 0 Å². The molecule has 1 amide bonds. The third-order valence-corrected chi connectivity index (χ3v) is 6.33. The van der Waals surface area contributed by atoms with Gasteiger partial charge in [0.25, 0.3) is 5.91 Å². The molecule has 0 spiro atoms. The molecule has 0 radical (unpaired) electrons. The van der Waals surface area contributed by atoms with Gasteiger partial charge < -0.3 is 10.1 Å². The van der Waals surface area contributed by atoms with Crippen molar-refractivity contribution in [1.82, 2.24) is 4.31 Å². The zero-order chi connectivity index (χ0) is 19.6. The van der Waals surface area contributed by atoms with Crippen molar-refractivity contribution in [2.75, 3.05) is 26.5 Å². The van der Waals surface area contributed by atoms with Crippen molar-refractivity contribution in [2.45, 2.75) is 18.7 Å². The largest absolute Gasteiger partial charge is 0.497 e. The van der Waals surface area contributed by atoms with Gasteiger partial charge in [-0.25, -0.2) is 12.7 Å². The Kier molecular flexibility index (Phi) is 5.95. The lowest BCUT2D eigenvalue weighted by atomic mass is 10.1. The fourth-order valence-electron chi connectivity index (χ4n) is 2.34. The summed E-state index contributed by atoms with van der Waals surface area (Å²) >= 11 is 6.11. The van der Waals surface area contributed by atoms with Gasteiger partial charge in [-0.2, -0.15) is 0 Å². The molecule has 0 saturated carbocycles. The van der Waals surface area contributed by atoms with Crippen LogP contribution in [-0.2, 0) is 10.0 Å². The van der Waals surface area contributed by atoms with Crippen molar-refractivity contribution in [2.24, 2.45) is 0 Å². The number of carbonyl (C=O) groups is 1. The molecule has 0 unspecified atom stereocenters. The molecule has 0 atom stereocenters. The highest BCUT2D eigenvalue weighted by Crippen LogP contribution is 2.28. The summed E-state index contributed by atoms with van der Waals surface area (Å²) in [4.78, 5) is 12.8. The number of benzene rings is 2. The summed E-state index contributed by atoms with van der Waals surface area (Å²) in [7, 11) is 0.742. The average Bonchev–Trinajstić information content (AvgIpc) is 2.58. The van der Waals surface area contributed by atoms with E-state index in [1.54, 1.807) is 38.1 Å². The molecule has 0 heterocycles. The van der Waals surface area contributed by atoms with Gasteiger partial charge in [0.15, 0.2) is 0 Å². The van der Waals surface area contributed by atoms with E-state index >= 15 is 0 Å². The maximum absolute atomic E-state index is 12.7. The Morgan fingerprint density at radius 1 is 1.15 bits per heavy atom. The predicted octanol–water partition coefficient (Wildman–Crippen LogP) is 3.47. The summed E-state index contributed by atoms with van der Waals surface area (Å²) in [6, 6.07) is 7.90. The Balaban J connectivity index is 2.46. The van der Waals surface area contributed by atoms with E-state index < -0.39 is 15.9 Å². The third kappa shape index (κ3) is 4.00. The molecule has 26 heavy (non-hydrogen) atoms. The van der Waals surface area contributed by atoms with E-state index in [9.17, 15) is 13.2 Å². The van der Waals surface area contributed by atoms with Crippen LogP contribution in [0.3, 0.4) is 0 Å². The van der Waals surface area contributed by atoms with E-state index in [2.05, 4.69) is 5.32 Å². The number of aryl methyl sites for hydroxylation is 1. The van der Waals surface area contributed by atoms with Crippen LogP contribution in [0.25, 0.3) is 0 Å². The number of hydrogen-bond acceptors (Lipinski definition) is 4. The molecule has 2 aromatic carbocycles. The summed E-state index contributed by atoms with van der Waals surface area (Å²) < 4.78 is 31.3. The molecule has 2 aromatic rings. The van der Waals surface area contributed by atoms with Gasteiger partial charge in [0.05, 0.1) is 22.7 Å². The highest BCUT2D eigenvalue weighted by atomic mass is 35.5. The first kappa shape index (κ1) is 20.2. The first-order chi connectivity index (χ1) is 12.1. The van der Waals surface area contributed by atoms with Gasteiger partial charge in [0.1, 0.15) is 5.75 Å². The van der Waals surface area contributed by atoms with Crippen LogP contribution in [0, 0.1) is 13.8 Å². The van der Waals surface area contributed by atoms with Gasteiger partial charge in [0, 0.05) is 25.7 Å². The highest BCUT2D eigenvalue weighted by molar-refractivity contribution is 7.89. The number of hydrogen-bond donors (Lipinski definition) is 1. The fraction of sp³-hybridized carbons (Fsp3) is 0.278. The Labute approximate surface area is 158 Å². The van der Waals surface area contributed by atoms with Crippen molar-refractivity contribution in [3.05, 3.63) is 52.0 Å². The zero-order valence-corrected chi connectivity index (χ0v) is 16.8. The molecule has 2 rings (SSSR count). The molecule has 0 saturated heterocycles. The van der Waals surface area contributed by atoms with Crippen LogP contribution < -0.4 is 10.1 Å². The van der Waals surface area contributed by atoms with E-state index in [4.69, 9.17) is 16.3 Å². The van der Waals surface area contributed by atoms with Crippen LogP contribution in [0.4, 0.5) is 5.69 Å². The number of ether oxygens (including phenoxy) is 1. The van der Waals surface area contributed by atoms with Gasteiger partial charge in [-0.05, 0) is 49.2 Å². The molecule has 0 bridgehead atoms. The van der Waals surface area contributed by atoms with Gasteiger partial charge in [-0.3, -0.25) is 4.79 Å². The maximum atomic E-state index is 12.7. The minimum absolute atomic E-state index is 0.101. The molecule has 0 fully saturated rings. The van der Waals surface area contributed by atoms with Gasteiger partial charge >= 0.3 is 0 Å². The maximum Gasteiger partial charge on any atom is 0.255 e. The van der Waals surface area contributed by atoms with Crippen molar-refractivity contribution in [3.63, 3.8) is 0 Å². The average molecular weight is 397 g/mol. The number of rotatable bonds is 5. The number of amides is 1. The monoisotopic (exact) mass is 396 g/mol. The van der Waals surface area contributed by atoms with Crippen molar-refractivity contribution in [1.29, 1.82) is 0 Å². The molecule has 0 aromatic heterocycles. The number of sulfonamides is 1. The second-order valence-electron chi connectivity index (χ2n) is 6.00. The summed E-state index contributed by atoms with van der Waals surface area (Å²) in [5, 5.41) is 3.05. The quantitative estimate of drug-likeness (QED) is 0.839. The van der Waals surface area contributed by atoms with Crippen molar-refractivity contribution < 1.29 is 17.9 Å². The van der Waals surface area contributed by atoms with E-state index in [-0.39, 0.29) is 10.5 Å². The normalized spacial score (nSPS) is 11.5. The molecule has 0 aliphatic carbocycles. The highest BCUT2D eigenvalue weighted by Gasteiger charge is 2.23. The van der Waals surface area contributed by atoms with Crippen LogP contribution >= 0.6 is 11.6 Å². The van der Waals surface area contributed by atoms with E-state index in [0.29, 0.717) is 27.6 Å². The number of carbonyl (C=O) groups excluding carboxylic acids is 1. The molecule has 1 N–H and O–H groups in total. The lowest BCUT2D eigenvalue weighted by molar-refractivity contribution is 0.102. The predicted molar refractivity (Wildman–Crippen MR) is 103 cm³/mol. The topological polar surface area (TPSA) is 75.7 Å². The van der Waals surface area contributed by atoms with Crippen molar-refractivity contribution >= 4 is 33.2 Å². The number of nitrogens with zero attached hydrogens (tertiary/aromatic N) is 1. The Bertz CT molecular complexity index is 956. The minimum atomic E-state index is -3.67. The molecule has 0 aliphatic heterocycles. The Morgan fingerprint density at radius 3 is 2.38 bits per heavy atom. The van der Waals surface area contributed by atoms with Gasteiger partial charge in [-0.1, -0.05) is 11.6 Å². The van der Waals surface area contributed by atoms with Crippen LogP contribution in [-0.4, -0.2) is 39.8 Å². The van der Waals surface area contributed by atoms with Crippen LogP contribution in [0.1, 0.15) is 21.5 Å². The lowest BCUT2D eigenvalue weighted by Crippen LogP contribution is -2.24. The molecule has 0 aliphatic rings. The standard InChI is InChI=1S/C18H21ClN2O4S/c1-11-8-13(9-17(12(11)2)26(23,24)21(3)4)18(22)20-16-10-14(25-5)6-7-15(16)19/h6-10H,1-5H3,(H,20,22). The lowest BCUT2D eigenvalue weighted by Gasteiger charge is -2.17. The molecule has 8 heteroatoms. The molecular formula is C18H21ClN2O4S. The summed E-state index contributed by atoms with van der Waals surface area (Å²) in [6.07, 6.45) is 0. The fourth-order valence-corrected chi connectivity index (χ4v) is 3.73. The number of methoxy groups -OCH3 is 1. The SMILES string of the molecule is COc1ccc(Cl)c(NC(=O)c2cc(C)c(C)c(S(=O)(=O)N(C)C)c2)c1. The number of halogens is 1. The van der Waals surface area contributed by atoms with E-state index in [0.717, 1.165) is 4.31 Å².